The minimum Gasteiger partial charge on any atom is -0.463 e. The van der Waals surface area contributed by atoms with Crippen molar-refractivity contribution in [3.05, 3.63) is 60.1 Å². The molecule has 29 heavy (non-hydrogen) atoms. The van der Waals surface area contributed by atoms with Crippen molar-refractivity contribution < 1.29 is 19.1 Å². The van der Waals surface area contributed by atoms with Crippen LogP contribution in [0.2, 0.25) is 0 Å². The van der Waals surface area contributed by atoms with E-state index in [-0.39, 0.29) is 35.9 Å². The molecule has 1 aliphatic rings. The van der Waals surface area contributed by atoms with Crippen molar-refractivity contribution in [2.24, 2.45) is 14.1 Å². The van der Waals surface area contributed by atoms with E-state index in [1.807, 2.05) is 0 Å². The number of esters is 2. The summed E-state index contributed by atoms with van der Waals surface area (Å²) >= 11 is 1.33. The van der Waals surface area contributed by atoms with E-state index in [1.165, 1.54) is 30.0 Å². The number of hydrogen-bond donors (Lipinski definition) is 1. The average molecular weight is 419 g/mol. The average Bonchev–Trinajstić information content (AvgIpc) is 3.23. The van der Waals surface area contributed by atoms with E-state index in [9.17, 15) is 19.2 Å². The second-order valence-electron chi connectivity index (χ2n) is 6.27. The van der Waals surface area contributed by atoms with E-state index in [4.69, 9.17) is 9.47 Å². The van der Waals surface area contributed by atoms with Gasteiger partial charge in [0.15, 0.2) is 0 Å². The Kier molecular flexibility index (Phi) is 5.73. The predicted molar refractivity (Wildman–Crippen MR) is 107 cm³/mol. The van der Waals surface area contributed by atoms with Crippen LogP contribution >= 0.6 is 11.3 Å². The first-order valence-corrected chi connectivity index (χ1v) is 9.90. The summed E-state index contributed by atoms with van der Waals surface area (Å²) in [7, 11) is 2.85. The molecule has 2 aromatic heterocycles. The monoisotopic (exact) mass is 419 g/mol. The van der Waals surface area contributed by atoms with Gasteiger partial charge in [-0.05, 0) is 25.3 Å². The van der Waals surface area contributed by atoms with Gasteiger partial charge in [0.2, 0.25) is 0 Å². The summed E-state index contributed by atoms with van der Waals surface area (Å²) in [5, 5.41) is 4.60. The quantitative estimate of drug-likeness (QED) is 0.723. The first-order chi connectivity index (χ1) is 13.8. The maximum Gasteiger partial charge on any atom is 0.355 e. The van der Waals surface area contributed by atoms with Crippen LogP contribution in [0.5, 0.6) is 0 Å². The van der Waals surface area contributed by atoms with E-state index in [0.29, 0.717) is 4.88 Å². The molecule has 0 saturated heterocycles. The van der Waals surface area contributed by atoms with Crippen molar-refractivity contribution in [3.8, 4) is 0 Å². The lowest BCUT2D eigenvalue weighted by molar-refractivity contribution is -0.142. The summed E-state index contributed by atoms with van der Waals surface area (Å²) in [6, 6.07) is 3.54. The second-order valence-corrected chi connectivity index (χ2v) is 7.25. The Morgan fingerprint density at radius 1 is 1.10 bits per heavy atom. The lowest BCUT2D eigenvalue weighted by atomic mass is 9.86. The molecule has 0 saturated carbocycles. The zero-order valence-electron chi connectivity index (χ0n) is 16.5. The fourth-order valence-electron chi connectivity index (χ4n) is 3.29. The SMILES string of the molecule is CCOC(=O)C1=C(C(=O)OCC)C(c2cccs2)c2c(n(C)c(=O)n(C)c2=O)N1. The van der Waals surface area contributed by atoms with Crippen molar-refractivity contribution in [2.75, 3.05) is 18.5 Å². The topological polar surface area (TPSA) is 109 Å². The summed E-state index contributed by atoms with van der Waals surface area (Å²) in [6.45, 7) is 3.47. The number of nitrogens with zero attached hydrogens (tertiary/aromatic N) is 2. The highest BCUT2D eigenvalue weighted by atomic mass is 32.1. The smallest absolute Gasteiger partial charge is 0.355 e. The minimum absolute atomic E-state index is 0.0176. The number of anilines is 1. The van der Waals surface area contributed by atoms with E-state index < -0.39 is 29.1 Å². The van der Waals surface area contributed by atoms with E-state index >= 15 is 0 Å². The molecule has 0 spiro atoms. The number of fused-ring (bicyclic) bond motifs is 1. The van der Waals surface area contributed by atoms with Gasteiger partial charge in [0, 0.05) is 19.0 Å². The van der Waals surface area contributed by atoms with Crippen LogP contribution in [0, 0.1) is 0 Å². The molecule has 0 bridgehead atoms. The fourth-order valence-corrected chi connectivity index (χ4v) is 4.13. The van der Waals surface area contributed by atoms with Crippen LogP contribution in [-0.2, 0) is 33.2 Å². The molecule has 9 nitrogen and oxygen atoms in total. The molecule has 154 valence electrons. The molecule has 1 unspecified atom stereocenters. The molecule has 0 aliphatic carbocycles. The van der Waals surface area contributed by atoms with Crippen molar-refractivity contribution in [1.82, 2.24) is 9.13 Å². The molecule has 2 aromatic rings. The van der Waals surface area contributed by atoms with Crippen molar-refractivity contribution in [1.29, 1.82) is 0 Å². The number of rotatable bonds is 5. The molecule has 0 amide bonds. The van der Waals surface area contributed by atoms with Gasteiger partial charge >= 0.3 is 17.6 Å². The maximum atomic E-state index is 13.0. The van der Waals surface area contributed by atoms with E-state index in [1.54, 1.807) is 31.4 Å². The van der Waals surface area contributed by atoms with Crippen LogP contribution in [0.25, 0.3) is 0 Å². The van der Waals surface area contributed by atoms with E-state index in [0.717, 1.165) is 4.57 Å². The Morgan fingerprint density at radius 3 is 2.34 bits per heavy atom. The van der Waals surface area contributed by atoms with Gasteiger partial charge in [-0.2, -0.15) is 0 Å². The molecular weight excluding hydrogens is 398 g/mol. The molecule has 1 N–H and O–H groups in total. The summed E-state index contributed by atoms with van der Waals surface area (Å²) in [5.41, 5.74) is -1.09. The summed E-state index contributed by atoms with van der Waals surface area (Å²) in [4.78, 5) is 51.7. The van der Waals surface area contributed by atoms with Crippen molar-refractivity contribution >= 4 is 29.1 Å². The van der Waals surface area contributed by atoms with Gasteiger partial charge in [0.25, 0.3) is 5.56 Å². The third-order valence-corrected chi connectivity index (χ3v) is 5.53. The number of aromatic nitrogens is 2. The van der Waals surface area contributed by atoms with Gasteiger partial charge < -0.3 is 14.8 Å². The Hall–Kier alpha value is -3.14. The number of thiophene rings is 1. The molecule has 3 heterocycles. The van der Waals surface area contributed by atoms with Gasteiger partial charge in [-0.15, -0.1) is 11.3 Å². The number of carbonyl (C=O) groups excluding carboxylic acids is 2. The van der Waals surface area contributed by atoms with E-state index in [2.05, 4.69) is 5.32 Å². The van der Waals surface area contributed by atoms with Crippen LogP contribution in [-0.4, -0.2) is 34.3 Å². The highest BCUT2D eigenvalue weighted by molar-refractivity contribution is 7.10. The lowest BCUT2D eigenvalue weighted by Gasteiger charge is -2.30. The minimum atomic E-state index is -0.879. The Morgan fingerprint density at radius 2 is 1.76 bits per heavy atom. The Labute approximate surface area is 170 Å². The van der Waals surface area contributed by atoms with Gasteiger partial charge in [0.1, 0.15) is 11.5 Å². The highest BCUT2D eigenvalue weighted by Crippen LogP contribution is 2.41. The predicted octanol–water partition coefficient (Wildman–Crippen LogP) is 1.08. The summed E-state index contributed by atoms with van der Waals surface area (Å²) in [6.07, 6.45) is 0. The molecule has 1 aliphatic heterocycles. The maximum absolute atomic E-state index is 13.0. The summed E-state index contributed by atoms with van der Waals surface area (Å²) < 4.78 is 12.5. The van der Waals surface area contributed by atoms with Crippen LogP contribution < -0.4 is 16.6 Å². The third kappa shape index (κ3) is 3.39. The largest absolute Gasteiger partial charge is 0.463 e. The molecule has 10 heteroatoms. The molecular formula is C19H21N3O6S. The fraction of sp³-hybridized carbons (Fsp3) is 0.368. The molecule has 0 radical (unpaired) electrons. The van der Waals surface area contributed by atoms with Gasteiger partial charge in [0.05, 0.1) is 30.3 Å². The highest BCUT2D eigenvalue weighted by Gasteiger charge is 2.41. The molecule has 1 atom stereocenters. The van der Waals surface area contributed by atoms with Crippen LogP contribution in [0.1, 0.15) is 30.2 Å². The third-order valence-electron chi connectivity index (χ3n) is 4.59. The first-order valence-electron chi connectivity index (χ1n) is 9.02. The number of nitrogens with one attached hydrogen (secondary N) is 1. The Balaban J connectivity index is 2.41. The van der Waals surface area contributed by atoms with Crippen molar-refractivity contribution in [3.63, 3.8) is 0 Å². The zero-order chi connectivity index (χ0) is 21.3. The first kappa shape index (κ1) is 20.6. The van der Waals surface area contributed by atoms with Crippen LogP contribution in [0.4, 0.5) is 5.82 Å². The molecule has 3 rings (SSSR count). The summed E-state index contributed by atoms with van der Waals surface area (Å²) in [5.74, 6) is -2.23. The van der Waals surface area contributed by atoms with Gasteiger partial charge in [-0.25, -0.2) is 14.4 Å². The van der Waals surface area contributed by atoms with Crippen LogP contribution in [0.15, 0.2) is 38.4 Å². The van der Waals surface area contributed by atoms with Gasteiger partial charge in [-0.1, -0.05) is 6.07 Å². The van der Waals surface area contributed by atoms with Gasteiger partial charge in [-0.3, -0.25) is 13.9 Å². The standard InChI is InChI=1S/C19H21N3O6S/c1-5-27-17(24)12-11(10-8-7-9-29-10)13-15(20-14(12)18(25)28-6-2)21(3)19(26)22(4)16(13)23/h7-9,11,20H,5-6H2,1-4H3. The van der Waals surface area contributed by atoms with Crippen molar-refractivity contribution in [2.45, 2.75) is 19.8 Å². The molecule has 0 aromatic carbocycles. The number of hydrogen-bond acceptors (Lipinski definition) is 8. The Bertz CT molecular complexity index is 1110. The zero-order valence-corrected chi connectivity index (χ0v) is 17.3. The molecule has 0 fully saturated rings. The number of carbonyl (C=O) groups is 2. The normalized spacial score (nSPS) is 15.5. The lowest BCUT2D eigenvalue weighted by Crippen LogP contribution is -2.44. The second kappa shape index (κ2) is 8.08. The number of ether oxygens (including phenoxy) is 2. The van der Waals surface area contributed by atoms with Crippen LogP contribution in [0.3, 0.4) is 0 Å².